The molecule has 1 atom stereocenters. The van der Waals surface area contributed by atoms with Gasteiger partial charge in [-0.25, -0.2) is 9.07 Å². The third kappa shape index (κ3) is 5.07. The minimum atomic E-state index is -0.312. The molecule has 0 fully saturated rings. The van der Waals surface area contributed by atoms with Gasteiger partial charge < -0.3 is 10.6 Å². The number of hydrogen-bond donors (Lipinski definition) is 2. The first-order chi connectivity index (χ1) is 13.8. The molecule has 7 heteroatoms. The normalized spacial score (nSPS) is 11.9. The van der Waals surface area contributed by atoms with E-state index in [1.807, 2.05) is 6.92 Å². The van der Waals surface area contributed by atoms with Crippen LogP contribution in [0.2, 0.25) is 0 Å². The predicted octanol–water partition coefficient (Wildman–Crippen LogP) is 4.10. The molecule has 1 aromatic heterocycles. The molecule has 3 aromatic rings. The molecule has 29 heavy (non-hydrogen) atoms. The van der Waals surface area contributed by atoms with E-state index in [4.69, 9.17) is 0 Å². The van der Waals surface area contributed by atoms with Gasteiger partial charge in [0.1, 0.15) is 5.82 Å². The molecule has 3 rings (SSSR count). The van der Waals surface area contributed by atoms with E-state index >= 15 is 0 Å². The van der Waals surface area contributed by atoms with Crippen LogP contribution in [0.15, 0.2) is 60.9 Å². The summed E-state index contributed by atoms with van der Waals surface area (Å²) in [7, 11) is 0. The molecule has 1 unspecified atom stereocenters. The molecule has 2 aromatic carbocycles. The number of rotatable bonds is 6. The van der Waals surface area contributed by atoms with Crippen LogP contribution < -0.4 is 10.6 Å². The second-order valence-electron chi connectivity index (χ2n) is 7.11. The summed E-state index contributed by atoms with van der Waals surface area (Å²) in [6, 6.07) is 12.5. The summed E-state index contributed by atoms with van der Waals surface area (Å²) in [5.74, 6) is -0.824. The van der Waals surface area contributed by atoms with Gasteiger partial charge in [0.2, 0.25) is 5.91 Å². The van der Waals surface area contributed by atoms with Crippen molar-refractivity contribution in [3.63, 3.8) is 0 Å². The zero-order valence-corrected chi connectivity index (χ0v) is 16.5. The van der Waals surface area contributed by atoms with Crippen LogP contribution in [0, 0.1) is 11.7 Å². The molecule has 2 amide bonds. The van der Waals surface area contributed by atoms with Crippen molar-refractivity contribution in [1.82, 2.24) is 15.1 Å². The molecule has 0 spiro atoms. The number of carbonyl (C=O) groups excluding carboxylic acids is 2. The maximum atomic E-state index is 13.1. The fourth-order valence-corrected chi connectivity index (χ4v) is 2.68. The van der Waals surface area contributed by atoms with Gasteiger partial charge in [-0.05, 0) is 49.4 Å². The molecule has 0 saturated heterocycles. The van der Waals surface area contributed by atoms with Crippen molar-refractivity contribution in [2.45, 2.75) is 26.8 Å². The molecular weight excluding hydrogens is 371 g/mol. The maximum Gasteiger partial charge on any atom is 0.251 e. The number of carbonyl (C=O) groups is 2. The van der Waals surface area contributed by atoms with Crippen molar-refractivity contribution in [2.24, 2.45) is 5.92 Å². The summed E-state index contributed by atoms with van der Waals surface area (Å²) in [5.41, 5.74) is 2.56. The van der Waals surface area contributed by atoms with Gasteiger partial charge in [0.25, 0.3) is 5.91 Å². The summed E-state index contributed by atoms with van der Waals surface area (Å²) in [6.07, 6.45) is 3.45. The fraction of sp³-hybridized carbons (Fsp3) is 0.227. The Labute approximate surface area is 168 Å². The van der Waals surface area contributed by atoms with Gasteiger partial charge in [-0.2, -0.15) is 5.10 Å². The Bertz CT molecular complexity index is 1010. The summed E-state index contributed by atoms with van der Waals surface area (Å²) < 4.78 is 14.7. The second kappa shape index (κ2) is 8.68. The Morgan fingerprint density at radius 3 is 2.48 bits per heavy atom. The van der Waals surface area contributed by atoms with Crippen LogP contribution in [-0.2, 0) is 4.79 Å². The van der Waals surface area contributed by atoms with E-state index in [1.54, 1.807) is 67.3 Å². The highest BCUT2D eigenvalue weighted by molar-refractivity contribution is 5.97. The molecule has 150 valence electrons. The van der Waals surface area contributed by atoms with Crippen molar-refractivity contribution in [1.29, 1.82) is 0 Å². The Balaban J connectivity index is 1.68. The Morgan fingerprint density at radius 2 is 1.79 bits per heavy atom. The molecule has 0 aliphatic rings. The lowest BCUT2D eigenvalue weighted by Crippen LogP contribution is -2.26. The summed E-state index contributed by atoms with van der Waals surface area (Å²) >= 11 is 0. The molecule has 0 aliphatic heterocycles. The smallest absolute Gasteiger partial charge is 0.251 e. The number of benzene rings is 2. The number of hydrogen-bond acceptors (Lipinski definition) is 3. The highest BCUT2D eigenvalue weighted by Crippen LogP contribution is 2.17. The van der Waals surface area contributed by atoms with Gasteiger partial charge in [-0.3, -0.25) is 9.59 Å². The lowest BCUT2D eigenvalue weighted by Gasteiger charge is -2.13. The first-order valence-electron chi connectivity index (χ1n) is 9.36. The fourth-order valence-electron chi connectivity index (χ4n) is 2.68. The van der Waals surface area contributed by atoms with E-state index in [9.17, 15) is 14.0 Å². The number of halogens is 1. The van der Waals surface area contributed by atoms with Gasteiger partial charge in [0.15, 0.2) is 0 Å². The summed E-state index contributed by atoms with van der Waals surface area (Å²) in [6.45, 7) is 5.47. The zero-order chi connectivity index (χ0) is 21.0. The van der Waals surface area contributed by atoms with Gasteiger partial charge in [0, 0.05) is 28.9 Å². The minimum absolute atomic E-state index is 0.107. The average Bonchev–Trinajstić information content (AvgIpc) is 3.19. The lowest BCUT2D eigenvalue weighted by atomic mass is 10.1. The van der Waals surface area contributed by atoms with Crippen molar-refractivity contribution in [3.05, 3.63) is 77.9 Å². The number of anilines is 1. The Hall–Kier alpha value is -3.48. The zero-order valence-electron chi connectivity index (χ0n) is 16.5. The van der Waals surface area contributed by atoms with Crippen LogP contribution >= 0.6 is 0 Å². The van der Waals surface area contributed by atoms with E-state index in [1.165, 1.54) is 12.1 Å². The van der Waals surface area contributed by atoms with Gasteiger partial charge in [0.05, 0.1) is 17.9 Å². The average molecular weight is 394 g/mol. The predicted molar refractivity (Wildman–Crippen MR) is 109 cm³/mol. The van der Waals surface area contributed by atoms with E-state index in [0.717, 1.165) is 11.3 Å². The number of aromatic nitrogens is 2. The van der Waals surface area contributed by atoms with Crippen molar-refractivity contribution < 1.29 is 14.0 Å². The minimum Gasteiger partial charge on any atom is -0.345 e. The van der Waals surface area contributed by atoms with Crippen molar-refractivity contribution in [3.8, 4) is 5.69 Å². The van der Waals surface area contributed by atoms with Crippen molar-refractivity contribution in [2.75, 3.05) is 5.32 Å². The summed E-state index contributed by atoms with van der Waals surface area (Å²) in [5, 5.41) is 9.99. The maximum absolute atomic E-state index is 13.1. The molecule has 0 aliphatic carbocycles. The van der Waals surface area contributed by atoms with E-state index in [0.29, 0.717) is 11.3 Å². The molecule has 0 radical (unpaired) electrons. The van der Waals surface area contributed by atoms with Gasteiger partial charge >= 0.3 is 0 Å². The quantitative estimate of drug-likeness (QED) is 0.661. The number of nitrogens with one attached hydrogen (secondary N) is 2. The van der Waals surface area contributed by atoms with Crippen LogP contribution in [0.5, 0.6) is 0 Å². The van der Waals surface area contributed by atoms with E-state index < -0.39 is 0 Å². The van der Waals surface area contributed by atoms with Crippen LogP contribution in [0.3, 0.4) is 0 Å². The van der Waals surface area contributed by atoms with Crippen molar-refractivity contribution >= 4 is 17.5 Å². The number of nitrogens with zero attached hydrogens (tertiary/aromatic N) is 2. The topological polar surface area (TPSA) is 76.0 Å². The first-order valence-corrected chi connectivity index (χ1v) is 9.36. The largest absolute Gasteiger partial charge is 0.345 e. The lowest BCUT2D eigenvalue weighted by molar-refractivity contribution is -0.118. The highest BCUT2D eigenvalue weighted by Gasteiger charge is 2.15. The Kier molecular flexibility index (Phi) is 6.07. The van der Waals surface area contributed by atoms with Crippen LogP contribution in [0.1, 0.15) is 42.7 Å². The second-order valence-corrected chi connectivity index (χ2v) is 7.11. The third-order valence-corrected chi connectivity index (χ3v) is 4.46. The monoisotopic (exact) mass is 394 g/mol. The molecule has 0 bridgehead atoms. The van der Waals surface area contributed by atoms with Crippen LogP contribution in [0.25, 0.3) is 5.69 Å². The molecule has 6 nitrogen and oxygen atoms in total. The Morgan fingerprint density at radius 1 is 1.07 bits per heavy atom. The van der Waals surface area contributed by atoms with Crippen LogP contribution in [-0.4, -0.2) is 21.6 Å². The SMILES string of the molecule is CC(C)C(=O)Nc1cccc(C(=O)NC(C)c2cnn(-c3ccc(F)cc3)c2)c1. The van der Waals surface area contributed by atoms with Gasteiger partial charge in [-0.15, -0.1) is 0 Å². The first kappa shape index (κ1) is 20.3. The summed E-state index contributed by atoms with van der Waals surface area (Å²) in [4.78, 5) is 24.5. The standard InChI is InChI=1S/C22H23FN4O2/c1-14(2)21(28)26-19-6-4-5-16(11-19)22(29)25-15(3)17-12-24-27(13-17)20-9-7-18(23)8-10-20/h4-15H,1-3H3,(H,25,29)(H,26,28). The molecule has 2 N–H and O–H groups in total. The van der Waals surface area contributed by atoms with E-state index in [-0.39, 0.29) is 29.6 Å². The molecule has 0 saturated carbocycles. The molecular formula is C22H23FN4O2. The van der Waals surface area contributed by atoms with Crippen LogP contribution in [0.4, 0.5) is 10.1 Å². The third-order valence-electron chi connectivity index (χ3n) is 4.46. The number of amides is 2. The molecule has 1 heterocycles. The highest BCUT2D eigenvalue weighted by atomic mass is 19.1. The van der Waals surface area contributed by atoms with E-state index in [2.05, 4.69) is 15.7 Å². The van der Waals surface area contributed by atoms with Gasteiger partial charge in [-0.1, -0.05) is 19.9 Å².